The van der Waals surface area contributed by atoms with Gasteiger partial charge in [0.05, 0.1) is 0 Å². The number of piperidine rings is 1. The second-order valence-electron chi connectivity index (χ2n) is 4.18. The van der Waals surface area contributed by atoms with Crippen LogP contribution < -0.4 is 5.73 Å². The lowest BCUT2D eigenvalue weighted by molar-refractivity contribution is -0.132. The minimum Gasteiger partial charge on any atom is -0.343 e. The van der Waals surface area contributed by atoms with E-state index in [0.717, 1.165) is 38.8 Å². The van der Waals surface area contributed by atoms with Crippen molar-refractivity contribution in [3.05, 3.63) is 0 Å². The van der Waals surface area contributed by atoms with Gasteiger partial charge in [-0.15, -0.1) is 0 Å². The van der Waals surface area contributed by atoms with Gasteiger partial charge in [-0.05, 0) is 19.3 Å². The second kappa shape index (κ2) is 6.02. The van der Waals surface area contributed by atoms with Crippen molar-refractivity contribution in [2.75, 3.05) is 13.1 Å². The van der Waals surface area contributed by atoms with Crippen LogP contribution in [0.2, 0.25) is 0 Å². The van der Waals surface area contributed by atoms with Gasteiger partial charge in [-0.25, -0.2) is 0 Å². The molecule has 0 bridgehead atoms. The molecule has 0 aromatic rings. The molecule has 1 amide bonds. The van der Waals surface area contributed by atoms with Crippen LogP contribution >= 0.6 is 0 Å². The summed E-state index contributed by atoms with van der Waals surface area (Å²) in [6.07, 6.45) is 6.05. The number of amides is 1. The molecular formula is C11H22N2O. The molecule has 0 spiro atoms. The van der Waals surface area contributed by atoms with Crippen LogP contribution in [0.4, 0.5) is 0 Å². The molecule has 0 atom stereocenters. The lowest BCUT2D eigenvalue weighted by Crippen LogP contribution is -2.42. The molecule has 1 rings (SSSR count). The van der Waals surface area contributed by atoms with E-state index in [-0.39, 0.29) is 0 Å². The minimum atomic E-state index is 0.315. The highest BCUT2D eigenvalue weighted by Crippen LogP contribution is 2.11. The van der Waals surface area contributed by atoms with E-state index in [0.29, 0.717) is 11.9 Å². The Morgan fingerprint density at radius 1 is 1.36 bits per heavy atom. The summed E-state index contributed by atoms with van der Waals surface area (Å²) >= 11 is 0. The maximum absolute atomic E-state index is 11.7. The molecule has 0 aliphatic carbocycles. The summed E-state index contributed by atoms with van der Waals surface area (Å²) in [6, 6.07) is 0.315. The van der Waals surface area contributed by atoms with Crippen molar-refractivity contribution < 1.29 is 4.79 Å². The zero-order chi connectivity index (χ0) is 10.4. The maximum Gasteiger partial charge on any atom is 0.222 e. The third-order valence-electron chi connectivity index (χ3n) is 2.89. The van der Waals surface area contributed by atoms with Crippen LogP contribution in [0.3, 0.4) is 0 Å². The molecule has 0 radical (unpaired) electrons. The van der Waals surface area contributed by atoms with Crippen molar-refractivity contribution in [3.8, 4) is 0 Å². The Hall–Kier alpha value is -0.570. The van der Waals surface area contributed by atoms with Gasteiger partial charge >= 0.3 is 0 Å². The smallest absolute Gasteiger partial charge is 0.222 e. The first-order valence-electron chi connectivity index (χ1n) is 5.77. The number of nitrogens with two attached hydrogens (primary N) is 1. The third kappa shape index (κ3) is 3.66. The molecule has 0 aromatic carbocycles. The van der Waals surface area contributed by atoms with Crippen LogP contribution in [-0.2, 0) is 4.79 Å². The van der Waals surface area contributed by atoms with E-state index < -0.39 is 0 Å². The molecular weight excluding hydrogens is 176 g/mol. The lowest BCUT2D eigenvalue weighted by atomic mass is 10.1. The van der Waals surface area contributed by atoms with Gasteiger partial charge in [0.25, 0.3) is 0 Å². The predicted molar refractivity (Wildman–Crippen MR) is 57.9 cm³/mol. The third-order valence-corrected chi connectivity index (χ3v) is 2.89. The highest BCUT2D eigenvalue weighted by molar-refractivity contribution is 5.76. The fraction of sp³-hybridized carbons (Fsp3) is 0.909. The molecule has 0 saturated carbocycles. The fourth-order valence-electron chi connectivity index (χ4n) is 1.83. The highest BCUT2D eigenvalue weighted by Gasteiger charge is 2.19. The van der Waals surface area contributed by atoms with Gasteiger partial charge in [0.15, 0.2) is 0 Å². The first kappa shape index (κ1) is 11.5. The zero-order valence-electron chi connectivity index (χ0n) is 9.17. The average molecular weight is 198 g/mol. The van der Waals surface area contributed by atoms with Crippen molar-refractivity contribution in [1.82, 2.24) is 4.90 Å². The predicted octanol–water partition coefficient (Wildman–Crippen LogP) is 1.52. The van der Waals surface area contributed by atoms with Gasteiger partial charge in [-0.2, -0.15) is 0 Å². The number of hydrogen-bond donors (Lipinski definition) is 1. The van der Waals surface area contributed by atoms with E-state index in [4.69, 9.17) is 5.73 Å². The summed E-state index contributed by atoms with van der Waals surface area (Å²) < 4.78 is 0. The van der Waals surface area contributed by atoms with Crippen molar-refractivity contribution in [1.29, 1.82) is 0 Å². The van der Waals surface area contributed by atoms with Gasteiger partial charge in [-0.3, -0.25) is 4.79 Å². The molecule has 3 heteroatoms. The molecule has 14 heavy (non-hydrogen) atoms. The molecule has 82 valence electrons. The Morgan fingerprint density at radius 2 is 2.00 bits per heavy atom. The number of rotatable bonds is 4. The van der Waals surface area contributed by atoms with E-state index in [1.165, 1.54) is 12.8 Å². The van der Waals surface area contributed by atoms with Crippen LogP contribution in [0, 0.1) is 0 Å². The number of carbonyl (C=O) groups is 1. The SMILES string of the molecule is CCCCCC(=O)N1CCC(N)CC1. The molecule has 1 saturated heterocycles. The Labute approximate surface area is 86.6 Å². The van der Waals surface area contributed by atoms with Gasteiger partial charge < -0.3 is 10.6 Å². The molecule has 1 aliphatic rings. The number of nitrogens with zero attached hydrogens (tertiary/aromatic N) is 1. The van der Waals surface area contributed by atoms with Crippen LogP contribution in [0.1, 0.15) is 45.4 Å². The highest BCUT2D eigenvalue weighted by atomic mass is 16.2. The summed E-state index contributed by atoms with van der Waals surface area (Å²) in [6.45, 7) is 3.89. The first-order valence-corrected chi connectivity index (χ1v) is 5.77. The van der Waals surface area contributed by atoms with E-state index in [9.17, 15) is 4.79 Å². The number of likely N-dealkylation sites (tertiary alicyclic amines) is 1. The van der Waals surface area contributed by atoms with Gasteiger partial charge in [0, 0.05) is 25.6 Å². The van der Waals surface area contributed by atoms with Crippen LogP contribution in [0.25, 0.3) is 0 Å². The maximum atomic E-state index is 11.7. The van der Waals surface area contributed by atoms with Crippen molar-refractivity contribution in [2.45, 2.75) is 51.5 Å². The average Bonchev–Trinajstić information content (AvgIpc) is 2.19. The lowest BCUT2D eigenvalue weighted by Gasteiger charge is -2.30. The molecule has 0 unspecified atom stereocenters. The normalized spacial score (nSPS) is 18.6. The number of carbonyl (C=O) groups excluding carboxylic acids is 1. The summed E-state index contributed by atoms with van der Waals surface area (Å²) in [5.74, 6) is 0.324. The monoisotopic (exact) mass is 198 g/mol. The van der Waals surface area contributed by atoms with Crippen molar-refractivity contribution >= 4 is 5.91 Å². The van der Waals surface area contributed by atoms with Crippen LogP contribution in [0.5, 0.6) is 0 Å². The Kier molecular flexibility index (Phi) is 4.94. The standard InChI is InChI=1S/C11H22N2O/c1-2-3-4-5-11(14)13-8-6-10(12)7-9-13/h10H,2-9,12H2,1H3. The van der Waals surface area contributed by atoms with Crippen LogP contribution in [0.15, 0.2) is 0 Å². The largest absolute Gasteiger partial charge is 0.343 e. The first-order chi connectivity index (χ1) is 6.74. The molecule has 3 nitrogen and oxygen atoms in total. The number of unbranched alkanes of at least 4 members (excludes halogenated alkanes) is 2. The zero-order valence-corrected chi connectivity index (χ0v) is 9.17. The van der Waals surface area contributed by atoms with Crippen molar-refractivity contribution in [3.63, 3.8) is 0 Å². The summed E-state index contributed by atoms with van der Waals surface area (Å²) in [7, 11) is 0. The topological polar surface area (TPSA) is 46.3 Å². The quantitative estimate of drug-likeness (QED) is 0.696. The Morgan fingerprint density at radius 3 is 2.57 bits per heavy atom. The molecule has 1 aliphatic heterocycles. The minimum absolute atomic E-state index is 0.315. The number of hydrogen-bond acceptors (Lipinski definition) is 2. The second-order valence-corrected chi connectivity index (χ2v) is 4.18. The molecule has 1 fully saturated rings. The van der Waals surface area contributed by atoms with E-state index in [1.807, 2.05) is 4.90 Å². The molecule has 1 heterocycles. The Bertz CT molecular complexity index is 174. The van der Waals surface area contributed by atoms with E-state index >= 15 is 0 Å². The van der Waals surface area contributed by atoms with Crippen molar-refractivity contribution in [2.24, 2.45) is 5.73 Å². The summed E-state index contributed by atoms with van der Waals surface area (Å²) in [5, 5.41) is 0. The van der Waals surface area contributed by atoms with Gasteiger partial charge in [-0.1, -0.05) is 19.8 Å². The molecule has 2 N–H and O–H groups in total. The van der Waals surface area contributed by atoms with Crippen LogP contribution in [-0.4, -0.2) is 29.9 Å². The molecule has 0 aromatic heterocycles. The van der Waals surface area contributed by atoms with Gasteiger partial charge in [0.1, 0.15) is 0 Å². The Balaban J connectivity index is 2.17. The van der Waals surface area contributed by atoms with E-state index in [2.05, 4.69) is 6.92 Å². The van der Waals surface area contributed by atoms with Gasteiger partial charge in [0.2, 0.25) is 5.91 Å². The summed E-state index contributed by atoms with van der Waals surface area (Å²) in [5.41, 5.74) is 5.78. The summed E-state index contributed by atoms with van der Waals surface area (Å²) in [4.78, 5) is 13.6. The van der Waals surface area contributed by atoms with E-state index in [1.54, 1.807) is 0 Å². The fourth-order valence-corrected chi connectivity index (χ4v) is 1.83.